The summed E-state index contributed by atoms with van der Waals surface area (Å²) in [6.45, 7) is 2.72. The molecule has 0 saturated carbocycles. The van der Waals surface area contributed by atoms with Crippen molar-refractivity contribution < 1.29 is 48.1 Å². The zero-order valence-corrected chi connectivity index (χ0v) is 21.7. The molecule has 0 bridgehead atoms. The van der Waals surface area contributed by atoms with Crippen molar-refractivity contribution in [2.75, 3.05) is 20.3 Å². The van der Waals surface area contributed by atoms with E-state index in [0.29, 0.717) is 5.75 Å². The molecule has 0 radical (unpaired) electrons. The van der Waals surface area contributed by atoms with Gasteiger partial charge in [-0.25, -0.2) is 0 Å². The van der Waals surface area contributed by atoms with Gasteiger partial charge >= 0.3 is 25.5 Å². The van der Waals surface area contributed by atoms with Crippen LogP contribution in [0.15, 0.2) is 48.5 Å². The summed E-state index contributed by atoms with van der Waals surface area (Å²) < 4.78 is 27.8. The first-order valence-electron chi connectivity index (χ1n) is 11.5. The number of carbonyl (C=O) groups excluding carboxylic acids is 2. The average Bonchev–Trinajstić information content (AvgIpc) is 2.83. The van der Waals surface area contributed by atoms with Gasteiger partial charge in [0.05, 0.1) is 39.1 Å². The molecule has 0 amide bonds. The fourth-order valence-electron chi connectivity index (χ4n) is 4.20. The molecular weight excluding hydrogens is 505 g/mol. The van der Waals surface area contributed by atoms with Crippen LogP contribution in [0.2, 0.25) is 0 Å². The third-order valence-electron chi connectivity index (χ3n) is 5.99. The molecule has 2 aromatic rings. The fourth-order valence-corrected chi connectivity index (χ4v) is 5.51. The quantitative estimate of drug-likeness (QED) is 0.218. The van der Waals surface area contributed by atoms with Gasteiger partial charge in [-0.1, -0.05) is 36.4 Å². The summed E-state index contributed by atoms with van der Waals surface area (Å²) in [6, 6.07) is 12.1. The summed E-state index contributed by atoms with van der Waals surface area (Å²) in [5.74, 6) is -5.27. The number of aliphatic carboxylic acids is 1. The first-order valence-corrected chi connectivity index (χ1v) is 13.1. The number of methoxy groups -OCH3 is 1. The number of carbonyl (C=O) groups is 3. The number of hydrogen-bond acceptors (Lipinski definition) is 8. The van der Waals surface area contributed by atoms with Crippen LogP contribution in [-0.4, -0.2) is 58.3 Å². The maximum absolute atomic E-state index is 12.9. The van der Waals surface area contributed by atoms with E-state index in [1.165, 1.54) is 33.1 Å². The van der Waals surface area contributed by atoms with Gasteiger partial charge in [0.1, 0.15) is 10.9 Å². The normalized spacial score (nSPS) is 13.4. The molecule has 12 heteroatoms. The van der Waals surface area contributed by atoms with E-state index in [0.717, 1.165) is 11.1 Å². The summed E-state index contributed by atoms with van der Waals surface area (Å²) in [4.78, 5) is 58.1. The van der Waals surface area contributed by atoms with Crippen LogP contribution in [-0.2, 0) is 28.4 Å². The lowest BCUT2D eigenvalue weighted by molar-refractivity contribution is -0.151. The van der Waals surface area contributed by atoms with Gasteiger partial charge in [0.2, 0.25) is 0 Å². The lowest BCUT2D eigenvalue weighted by Crippen LogP contribution is -2.50. The van der Waals surface area contributed by atoms with E-state index in [9.17, 15) is 33.8 Å². The maximum atomic E-state index is 12.9. The summed E-state index contributed by atoms with van der Waals surface area (Å²) in [5, 5.41) is 7.42. The van der Waals surface area contributed by atoms with E-state index in [1.807, 2.05) is 6.07 Å². The lowest BCUT2D eigenvalue weighted by atomic mass is 9.78. The zero-order valence-electron chi connectivity index (χ0n) is 20.8. The molecule has 0 heterocycles. The number of ether oxygens (including phenoxy) is 3. The van der Waals surface area contributed by atoms with Crippen LogP contribution in [0.25, 0.3) is 11.1 Å². The first-order chi connectivity index (χ1) is 17.4. The van der Waals surface area contributed by atoms with Crippen molar-refractivity contribution >= 4 is 25.5 Å². The minimum Gasteiger partial charge on any atom is -0.497 e. The van der Waals surface area contributed by atoms with Crippen LogP contribution < -0.4 is 10.5 Å². The topological polar surface area (TPSA) is 183 Å². The van der Waals surface area contributed by atoms with Gasteiger partial charge in [0.15, 0.2) is 0 Å². The summed E-state index contributed by atoms with van der Waals surface area (Å²) >= 11 is 0. The minimum absolute atomic E-state index is 0.120. The van der Waals surface area contributed by atoms with Gasteiger partial charge < -0.3 is 34.8 Å². The van der Waals surface area contributed by atoms with Gasteiger partial charge in [0.25, 0.3) is 0 Å². The van der Waals surface area contributed by atoms with Crippen LogP contribution in [0.1, 0.15) is 38.3 Å². The van der Waals surface area contributed by atoms with Crippen molar-refractivity contribution in [3.63, 3.8) is 0 Å². The number of hydrogen-bond donors (Lipinski definition) is 4. The second-order valence-electron chi connectivity index (χ2n) is 8.31. The van der Waals surface area contributed by atoms with E-state index < -0.39 is 55.5 Å². The number of carboxylic acid groups (broad SMARTS) is 1. The third kappa shape index (κ3) is 7.17. The molecule has 0 saturated heterocycles. The highest BCUT2D eigenvalue weighted by Gasteiger charge is 2.60. The molecule has 0 aliphatic carbocycles. The monoisotopic (exact) mass is 537 g/mol. The molecule has 0 aliphatic rings. The minimum atomic E-state index is -5.49. The summed E-state index contributed by atoms with van der Waals surface area (Å²) in [7, 11) is -3.95. The molecule has 2 aromatic carbocycles. The Morgan fingerprint density at radius 3 is 1.92 bits per heavy atom. The van der Waals surface area contributed by atoms with Crippen molar-refractivity contribution in [3.8, 4) is 16.9 Å². The van der Waals surface area contributed by atoms with Crippen LogP contribution in [0.5, 0.6) is 5.75 Å². The van der Waals surface area contributed by atoms with Crippen LogP contribution in [0.3, 0.4) is 0 Å². The van der Waals surface area contributed by atoms with E-state index in [4.69, 9.17) is 19.9 Å². The number of carboxylic acids is 1. The van der Waals surface area contributed by atoms with Crippen molar-refractivity contribution in [2.45, 2.75) is 37.9 Å². The van der Waals surface area contributed by atoms with Crippen molar-refractivity contribution in [1.29, 1.82) is 0 Å². The molecule has 0 aliphatic heterocycles. The Bertz CT molecular complexity index is 1120. The molecule has 0 fully saturated rings. The molecule has 2 unspecified atom stereocenters. The molecule has 2 rings (SSSR count). The Balaban J connectivity index is 2.59. The smallest absolute Gasteiger partial charge is 0.333 e. The Hall–Kier alpha value is -3.24. The van der Waals surface area contributed by atoms with Crippen molar-refractivity contribution in [3.05, 3.63) is 54.1 Å². The highest BCUT2D eigenvalue weighted by atomic mass is 31.2. The molecule has 37 heavy (non-hydrogen) atoms. The molecule has 2 atom stereocenters. The molecule has 0 aromatic heterocycles. The largest absolute Gasteiger partial charge is 0.497 e. The average molecular weight is 538 g/mol. The Kier molecular flexibility index (Phi) is 10.4. The number of benzene rings is 2. The summed E-state index contributed by atoms with van der Waals surface area (Å²) in [6.07, 6.45) is -2.12. The predicted molar refractivity (Wildman–Crippen MR) is 134 cm³/mol. The maximum Gasteiger partial charge on any atom is 0.333 e. The third-order valence-corrected chi connectivity index (χ3v) is 7.75. The predicted octanol–water partition coefficient (Wildman–Crippen LogP) is 2.89. The molecular formula is C25H32NO10P. The van der Waals surface area contributed by atoms with Gasteiger partial charge in [-0.15, -0.1) is 0 Å². The van der Waals surface area contributed by atoms with Crippen molar-refractivity contribution in [2.24, 2.45) is 11.7 Å². The Labute approximate surface area is 214 Å². The molecule has 5 N–H and O–H groups in total. The van der Waals surface area contributed by atoms with Crippen LogP contribution >= 0.6 is 7.60 Å². The highest BCUT2D eigenvalue weighted by molar-refractivity contribution is 7.53. The summed E-state index contributed by atoms with van der Waals surface area (Å²) in [5.41, 5.74) is 8.09. The number of nitrogens with two attached hydrogens (primary N) is 1. The van der Waals surface area contributed by atoms with Gasteiger partial charge in [-0.05, 0) is 42.7 Å². The fraction of sp³-hybridized carbons (Fsp3) is 0.400. The molecule has 202 valence electrons. The van der Waals surface area contributed by atoms with Crippen molar-refractivity contribution in [1.82, 2.24) is 0 Å². The van der Waals surface area contributed by atoms with E-state index in [2.05, 4.69) is 0 Å². The molecule has 11 nitrogen and oxygen atoms in total. The Morgan fingerprint density at radius 1 is 0.946 bits per heavy atom. The zero-order chi connectivity index (χ0) is 27.8. The highest BCUT2D eigenvalue weighted by Crippen LogP contribution is 2.61. The second kappa shape index (κ2) is 12.8. The second-order valence-corrected chi connectivity index (χ2v) is 10.3. The van der Waals surface area contributed by atoms with E-state index >= 15 is 0 Å². The van der Waals surface area contributed by atoms with Gasteiger partial charge in [0, 0.05) is 6.04 Å². The number of esters is 2. The van der Waals surface area contributed by atoms with Gasteiger partial charge in [-0.3, -0.25) is 18.9 Å². The standard InChI is InChI=1S/C25H32NO10P/c1-4-35-20(27)14-25(37(31,32)33,15-21(28)36-5-2)22(24(29)30)23(26)17-11-9-16(10-12-17)18-7-6-8-19(13-18)34-3/h6-13,22-23H,4-5,14-15,26H2,1-3H3,(H,29,30)(H2,31,32,33). The van der Waals surface area contributed by atoms with Crippen LogP contribution in [0.4, 0.5) is 0 Å². The van der Waals surface area contributed by atoms with Crippen LogP contribution in [0, 0.1) is 5.92 Å². The lowest BCUT2D eigenvalue weighted by Gasteiger charge is -2.40. The Morgan fingerprint density at radius 2 is 1.49 bits per heavy atom. The van der Waals surface area contributed by atoms with E-state index in [-0.39, 0.29) is 18.8 Å². The number of rotatable bonds is 13. The van der Waals surface area contributed by atoms with Gasteiger partial charge in [-0.2, -0.15) is 0 Å². The van der Waals surface area contributed by atoms with E-state index in [1.54, 1.807) is 30.3 Å². The SMILES string of the molecule is CCOC(=O)CC(CC(=O)OCC)(C(C(=O)O)C(N)c1ccc(-c2cccc(OC)c2)cc1)P(=O)(O)O. The molecule has 0 spiro atoms. The first kappa shape index (κ1) is 30.0.